The van der Waals surface area contributed by atoms with Gasteiger partial charge < -0.3 is 14.6 Å². The number of ether oxygens (including phenoxy) is 1. The van der Waals surface area contributed by atoms with Gasteiger partial charge in [0.1, 0.15) is 6.54 Å². The molecule has 1 heterocycles. The van der Waals surface area contributed by atoms with Crippen LogP contribution in [-0.2, 0) is 25.1 Å². The van der Waals surface area contributed by atoms with Crippen LogP contribution in [0.5, 0.6) is 0 Å². The molecular formula is C8H12ClN3O4S. The maximum Gasteiger partial charge on any atom is 0.280 e. The van der Waals surface area contributed by atoms with Crippen molar-refractivity contribution in [1.29, 1.82) is 0 Å². The van der Waals surface area contributed by atoms with E-state index in [0.29, 0.717) is 13.2 Å². The van der Waals surface area contributed by atoms with Crippen LogP contribution in [0.3, 0.4) is 0 Å². The number of carbonyl (C=O) groups excluding carboxylic acids is 1. The fourth-order valence-electron chi connectivity index (χ4n) is 1.07. The van der Waals surface area contributed by atoms with Gasteiger partial charge in [0.05, 0.1) is 12.9 Å². The molecule has 7 nitrogen and oxygen atoms in total. The number of carbonyl (C=O) groups is 1. The highest BCUT2D eigenvalue weighted by Crippen LogP contribution is 2.10. The molecule has 0 radical (unpaired) electrons. The Balaban J connectivity index is 2.52. The van der Waals surface area contributed by atoms with Crippen molar-refractivity contribution >= 4 is 25.6 Å². The molecule has 17 heavy (non-hydrogen) atoms. The Hall–Kier alpha value is -1.12. The summed E-state index contributed by atoms with van der Waals surface area (Å²) in [5, 5.41) is 2.31. The molecule has 0 spiro atoms. The topological polar surface area (TPSA) is 90.3 Å². The summed E-state index contributed by atoms with van der Waals surface area (Å²) in [5.41, 5.74) is 0. The zero-order valence-corrected chi connectivity index (χ0v) is 10.7. The van der Waals surface area contributed by atoms with Gasteiger partial charge in [0.25, 0.3) is 9.05 Å². The summed E-state index contributed by atoms with van der Waals surface area (Å²) in [7, 11) is 2.77. The number of nitrogens with one attached hydrogen (secondary N) is 1. The first-order chi connectivity index (χ1) is 7.93. The third-order valence-electron chi connectivity index (χ3n) is 1.81. The lowest BCUT2D eigenvalue weighted by molar-refractivity contribution is -0.121. The molecule has 1 aromatic rings. The molecule has 0 aliphatic rings. The number of hydrogen-bond acceptors (Lipinski definition) is 5. The standard InChI is InChI=1S/C8H12ClN3O4S/c1-16-3-2-10-7(13)4-12-5-8(11-6-12)17(9,14)15/h5-6H,2-4H2,1H3,(H,10,13). The van der Waals surface area contributed by atoms with Crippen LogP contribution in [0.2, 0.25) is 0 Å². The van der Waals surface area contributed by atoms with Crippen molar-refractivity contribution in [3.05, 3.63) is 12.5 Å². The SMILES string of the molecule is COCCNC(=O)Cn1cnc(S(=O)(=O)Cl)c1. The van der Waals surface area contributed by atoms with E-state index in [-0.39, 0.29) is 17.5 Å². The predicted molar refractivity (Wildman–Crippen MR) is 60.2 cm³/mol. The molecule has 0 fully saturated rings. The summed E-state index contributed by atoms with van der Waals surface area (Å²) in [6.45, 7) is 0.783. The number of methoxy groups -OCH3 is 1. The summed E-state index contributed by atoms with van der Waals surface area (Å²) in [6, 6.07) is 0. The molecule has 0 atom stereocenters. The van der Waals surface area contributed by atoms with Gasteiger partial charge >= 0.3 is 0 Å². The van der Waals surface area contributed by atoms with Crippen LogP contribution >= 0.6 is 10.7 Å². The highest BCUT2D eigenvalue weighted by atomic mass is 35.7. The van der Waals surface area contributed by atoms with Gasteiger partial charge in [-0.1, -0.05) is 0 Å². The van der Waals surface area contributed by atoms with Crippen molar-refractivity contribution in [2.24, 2.45) is 0 Å². The Labute approximate surface area is 103 Å². The van der Waals surface area contributed by atoms with Gasteiger partial charge in [-0.05, 0) is 0 Å². The van der Waals surface area contributed by atoms with Gasteiger partial charge in [0, 0.05) is 30.5 Å². The quantitative estimate of drug-likeness (QED) is 0.565. The third kappa shape index (κ3) is 4.72. The molecule has 0 bridgehead atoms. The fraction of sp³-hybridized carbons (Fsp3) is 0.500. The molecule has 0 aromatic carbocycles. The molecule has 0 aliphatic heterocycles. The van der Waals surface area contributed by atoms with E-state index in [4.69, 9.17) is 15.4 Å². The first kappa shape index (κ1) is 13.9. The second-order valence-corrected chi connectivity index (χ2v) is 5.68. The lowest BCUT2D eigenvalue weighted by Crippen LogP contribution is -2.30. The second-order valence-electron chi connectivity index (χ2n) is 3.16. The minimum Gasteiger partial charge on any atom is -0.383 e. The van der Waals surface area contributed by atoms with Crippen molar-refractivity contribution < 1.29 is 17.9 Å². The van der Waals surface area contributed by atoms with Gasteiger partial charge in [-0.2, -0.15) is 0 Å². The van der Waals surface area contributed by atoms with Crippen molar-refractivity contribution in [2.75, 3.05) is 20.3 Å². The van der Waals surface area contributed by atoms with E-state index >= 15 is 0 Å². The lowest BCUT2D eigenvalue weighted by Gasteiger charge is -2.04. The van der Waals surface area contributed by atoms with Gasteiger partial charge in [0.2, 0.25) is 5.91 Å². The predicted octanol–water partition coefficient (Wildman–Crippen LogP) is -0.427. The first-order valence-corrected chi connectivity index (χ1v) is 6.96. The van der Waals surface area contributed by atoms with Gasteiger partial charge in [0.15, 0.2) is 5.03 Å². The van der Waals surface area contributed by atoms with Gasteiger partial charge in [-0.25, -0.2) is 13.4 Å². The van der Waals surface area contributed by atoms with Crippen LogP contribution in [0, 0.1) is 0 Å². The number of amides is 1. The van der Waals surface area contributed by atoms with Crippen LogP contribution < -0.4 is 5.32 Å². The number of halogens is 1. The monoisotopic (exact) mass is 281 g/mol. The van der Waals surface area contributed by atoms with E-state index in [9.17, 15) is 13.2 Å². The van der Waals surface area contributed by atoms with Crippen molar-refractivity contribution in [2.45, 2.75) is 11.6 Å². The fourth-order valence-corrected chi connectivity index (χ4v) is 1.74. The average molecular weight is 282 g/mol. The van der Waals surface area contributed by atoms with Gasteiger partial charge in [-0.3, -0.25) is 4.79 Å². The van der Waals surface area contributed by atoms with E-state index in [2.05, 4.69) is 10.3 Å². The minimum absolute atomic E-state index is 0.0247. The zero-order valence-electron chi connectivity index (χ0n) is 9.09. The Morgan fingerprint density at radius 3 is 2.88 bits per heavy atom. The zero-order chi connectivity index (χ0) is 12.9. The summed E-state index contributed by atoms with van der Waals surface area (Å²) >= 11 is 0. The van der Waals surface area contributed by atoms with Crippen LogP contribution in [0.4, 0.5) is 0 Å². The van der Waals surface area contributed by atoms with E-state index in [0.717, 1.165) is 0 Å². The summed E-state index contributed by atoms with van der Waals surface area (Å²) < 4.78 is 27.9. The highest BCUT2D eigenvalue weighted by molar-refractivity contribution is 8.13. The molecule has 0 aliphatic carbocycles. The van der Waals surface area contributed by atoms with Crippen LogP contribution in [0.15, 0.2) is 17.6 Å². The molecule has 0 saturated carbocycles. The van der Waals surface area contributed by atoms with E-state index in [1.54, 1.807) is 0 Å². The molecule has 9 heteroatoms. The number of imidazole rings is 1. The summed E-state index contributed by atoms with van der Waals surface area (Å²) in [4.78, 5) is 14.9. The maximum atomic E-state index is 11.3. The summed E-state index contributed by atoms with van der Waals surface area (Å²) in [5.74, 6) is -0.266. The van der Waals surface area contributed by atoms with E-state index < -0.39 is 9.05 Å². The number of hydrogen-bond donors (Lipinski definition) is 1. The second kappa shape index (κ2) is 5.99. The lowest BCUT2D eigenvalue weighted by atomic mass is 10.5. The Kier molecular flexibility index (Phi) is 4.91. The molecule has 1 aromatic heterocycles. The highest BCUT2D eigenvalue weighted by Gasteiger charge is 2.14. The van der Waals surface area contributed by atoms with Crippen molar-refractivity contribution in [1.82, 2.24) is 14.9 Å². The van der Waals surface area contributed by atoms with Crippen LogP contribution in [-0.4, -0.2) is 44.1 Å². The Morgan fingerprint density at radius 2 is 2.35 bits per heavy atom. The van der Waals surface area contributed by atoms with E-state index in [1.165, 1.54) is 24.2 Å². The molecule has 96 valence electrons. The van der Waals surface area contributed by atoms with Crippen LogP contribution in [0.1, 0.15) is 0 Å². The van der Waals surface area contributed by atoms with Crippen molar-refractivity contribution in [3.8, 4) is 0 Å². The number of rotatable bonds is 6. The molecular weight excluding hydrogens is 270 g/mol. The Morgan fingerprint density at radius 1 is 1.65 bits per heavy atom. The minimum atomic E-state index is -3.85. The van der Waals surface area contributed by atoms with Crippen LogP contribution in [0.25, 0.3) is 0 Å². The van der Waals surface area contributed by atoms with E-state index in [1.807, 2.05) is 0 Å². The molecule has 0 saturated heterocycles. The molecule has 1 N–H and O–H groups in total. The molecule has 1 amide bonds. The normalized spacial score (nSPS) is 11.4. The third-order valence-corrected chi connectivity index (χ3v) is 3.00. The average Bonchev–Trinajstić information content (AvgIpc) is 2.66. The molecule has 0 unspecified atom stereocenters. The number of nitrogens with zero attached hydrogens (tertiary/aromatic N) is 2. The largest absolute Gasteiger partial charge is 0.383 e. The summed E-state index contributed by atoms with van der Waals surface area (Å²) in [6.07, 6.45) is 2.42. The first-order valence-electron chi connectivity index (χ1n) is 4.65. The maximum absolute atomic E-state index is 11.3. The van der Waals surface area contributed by atoms with Crippen molar-refractivity contribution in [3.63, 3.8) is 0 Å². The number of aromatic nitrogens is 2. The molecule has 1 rings (SSSR count). The smallest absolute Gasteiger partial charge is 0.280 e. The van der Waals surface area contributed by atoms with Gasteiger partial charge in [-0.15, -0.1) is 0 Å². The Bertz CT molecular complexity index is 485.